The van der Waals surface area contributed by atoms with E-state index in [9.17, 15) is 5.11 Å². The number of halogens is 1. The average Bonchev–Trinajstić information content (AvgIpc) is 3.16. The molecule has 0 radical (unpaired) electrons. The van der Waals surface area contributed by atoms with Gasteiger partial charge in [-0.1, -0.05) is 23.7 Å². The lowest BCUT2D eigenvalue weighted by Crippen LogP contribution is -2.26. The van der Waals surface area contributed by atoms with Gasteiger partial charge in [-0.15, -0.1) is 11.8 Å². The van der Waals surface area contributed by atoms with Crippen LogP contribution in [0.5, 0.6) is 0 Å². The van der Waals surface area contributed by atoms with E-state index in [0.29, 0.717) is 0 Å². The zero-order chi connectivity index (χ0) is 16.3. The van der Waals surface area contributed by atoms with Gasteiger partial charge in [0.2, 0.25) is 0 Å². The second kappa shape index (κ2) is 7.26. The van der Waals surface area contributed by atoms with Crippen LogP contribution in [0.1, 0.15) is 24.2 Å². The lowest BCUT2D eigenvalue weighted by molar-refractivity contribution is -0.0395. The van der Waals surface area contributed by atoms with E-state index in [4.69, 9.17) is 16.3 Å². The van der Waals surface area contributed by atoms with Gasteiger partial charge >= 0.3 is 0 Å². The van der Waals surface area contributed by atoms with Gasteiger partial charge in [-0.25, -0.2) is 4.98 Å². The van der Waals surface area contributed by atoms with Crippen LogP contribution in [-0.4, -0.2) is 33.1 Å². The van der Waals surface area contributed by atoms with Crippen molar-refractivity contribution in [3.63, 3.8) is 0 Å². The van der Waals surface area contributed by atoms with E-state index >= 15 is 0 Å². The van der Waals surface area contributed by atoms with Crippen LogP contribution < -0.4 is 0 Å². The van der Waals surface area contributed by atoms with E-state index in [0.717, 1.165) is 41.4 Å². The summed E-state index contributed by atoms with van der Waals surface area (Å²) < 4.78 is 8.27. The fourth-order valence-corrected chi connectivity index (χ4v) is 4.45. The Morgan fingerprint density at radius 1 is 1.43 bits per heavy atom. The minimum Gasteiger partial charge on any atom is -0.394 e. The van der Waals surface area contributed by atoms with Crippen LogP contribution in [0.3, 0.4) is 0 Å². The smallest absolute Gasteiger partial charge is 0.139 e. The third-order valence-corrected chi connectivity index (χ3v) is 5.97. The van der Waals surface area contributed by atoms with Gasteiger partial charge < -0.3 is 14.4 Å². The summed E-state index contributed by atoms with van der Waals surface area (Å²) in [5, 5.41) is 10.1. The fourth-order valence-electron chi connectivity index (χ4n) is 2.90. The fraction of sp³-hybridized carbons (Fsp3) is 0.471. The highest BCUT2D eigenvalue weighted by Gasteiger charge is 2.41. The van der Waals surface area contributed by atoms with Gasteiger partial charge in [-0.05, 0) is 30.5 Å². The standard InChI is InChI=1S/C17H21ClN2O2S/c1-20-10-9-19-16(20)3-2-8-17(22-15(11-21)12-23-17)13-4-6-14(18)7-5-13/h4-7,9-10,15,21H,2-3,8,11-12H2,1H3/t15-,17-/m1/s1. The number of aromatic nitrogens is 2. The molecule has 0 bridgehead atoms. The molecular formula is C17H21ClN2O2S. The molecule has 0 unspecified atom stereocenters. The zero-order valence-electron chi connectivity index (χ0n) is 13.1. The van der Waals surface area contributed by atoms with Crippen molar-refractivity contribution in [2.24, 2.45) is 7.05 Å². The highest BCUT2D eigenvalue weighted by Crippen LogP contribution is 2.48. The number of ether oxygens (including phenoxy) is 1. The molecule has 2 aromatic rings. The lowest BCUT2D eigenvalue weighted by Gasteiger charge is -2.29. The molecule has 3 rings (SSSR count). The van der Waals surface area contributed by atoms with Crippen molar-refractivity contribution in [2.75, 3.05) is 12.4 Å². The van der Waals surface area contributed by atoms with Crippen molar-refractivity contribution < 1.29 is 9.84 Å². The summed E-state index contributed by atoms with van der Waals surface area (Å²) in [5.41, 5.74) is 1.11. The minimum atomic E-state index is -0.400. The van der Waals surface area contributed by atoms with E-state index in [1.165, 1.54) is 0 Å². The van der Waals surface area contributed by atoms with Crippen LogP contribution in [0.4, 0.5) is 0 Å². The molecule has 1 aliphatic heterocycles. The molecule has 1 aliphatic rings. The number of aliphatic hydroxyl groups is 1. The Hall–Kier alpha value is -1.01. The monoisotopic (exact) mass is 352 g/mol. The number of rotatable bonds is 6. The van der Waals surface area contributed by atoms with Crippen LogP contribution >= 0.6 is 23.4 Å². The summed E-state index contributed by atoms with van der Waals surface area (Å²) in [7, 11) is 2.01. The number of thioether (sulfide) groups is 1. The first-order chi connectivity index (χ1) is 11.1. The molecule has 1 aromatic carbocycles. The van der Waals surface area contributed by atoms with Crippen molar-refractivity contribution in [1.82, 2.24) is 9.55 Å². The molecule has 2 atom stereocenters. The third-order valence-electron chi connectivity index (χ3n) is 4.17. The normalized spacial score (nSPS) is 24.2. The van der Waals surface area contributed by atoms with E-state index < -0.39 is 4.93 Å². The largest absolute Gasteiger partial charge is 0.394 e. The number of aliphatic hydroxyl groups excluding tert-OH is 1. The van der Waals surface area contributed by atoms with E-state index in [1.807, 2.05) is 48.3 Å². The van der Waals surface area contributed by atoms with Crippen LogP contribution in [0, 0.1) is 0 Å². The maximum atomic E-state index is 9.43. The average molecular weight is 353 g/mol. The highest BCUT2D eigenvalue weighted by molar-refractivity contribution is 8.00. The number of hydrogen-bond acceptors (Lipinski definition) is 4. The summed E-state index contributed by atoms with van der Waals surface area (Å²) in [5.74, 6) is 1.89. The second-order valence-corrected chi connectivity index (χ2v) is 7.52. The van der Waals surface area contributed by atoms with Gasteiger partial charge in [0.1, 0.15) is 10.8 Å². The van der Waals surface area contributed by atoms with Crippen molar-refractivity contribution in [2.45, 2.75) is 30.3 Å². The summed E-state index contributed by atoms with van der Waals surface area (Å²) in [6, 6.07) is 7.84. The summed E-state index contributed by atoms with van der Waals surface area (Å²) >= 11 is 7.78. The summed E-state index contributed by atoms with van der Waals surface area (Å²) in [6.45, 7) is 0.0572. The van der Waals surface area contributed by atoms with Gasteiger partial charge in [0, 0.05) is 36.6 Å². The number of nitrogens with zero attached hydrogens (tertiary/aromatic N) is 2. The van der Waals surface area contributed by atoms with Crippen molar-refractivity contribution >= 4 is 23.4 Å². The Balaban J connectivity index is 1.73. The van der Waals surface area contributed by atoms with Crippen LogP contribution in [0.15, 0.2) is 36.7 Å². The molecule has 0 saturated carbocycles. The Labute approximate surface area is 145 Å². The van der Waals surface area contributed by atoms with Gasteiger partial charge in [-0.2, -0.15) is 0 Å². The highest BCUT2D eigenvalue weighted by atomic mass is 35.5. The first kappa shape index (κ1) is 16.8. The molecule has 0 amide bonds. The zero-order valence-corrected chi connectivity index (χ0v) is 14.7. The van der Waals surface area contributed by atoms with Gasteiger partial charge in [0.15, 0.2) is 0 Å². The Morgan fingerprint density at radius 2 is 2.22 bits per heavy atom. The van der Waals surface area contributed by atoms with Crippen LogP contribution in [-0.2, 0) is 23.1 Å². The Bertz CT molecular complexity index is 646. The summed E-state index contributed by atoms with van der Waals surface area (Å²) in [6.07, 6.45) is 6.44. The second-order valence-electron chi connectivity index (χ2n) is 5.80. The molecule has 1 saturated heterocycles. The van der Waals surface area contributed by atoms with Crippen molar-refractivity contribution in [3.05, 3.63) is 53.1 Å². The molecule has 1 fully saturated rings. The minimum absolute atomic E-state index is 0.0572. The van der Waals surface area contributed by atoms with Gasteiger partial charge in [0.25, 0.3) is 0 Å². The van der Waals surface area contributed by atoms with Gasteiger partial charge in [-0.3, -0.25) is 0 Å². The number of benzene rings is 1. The molecule has 4 nitrogen and oxygen atoms in total. The first-order valence-electron chi connectivity index (χ1n) is 7.78. The topological polar surface area (TPSA) is 47.3 Å². The van der Waals surface area contributed by atoms with E-state index in [2.05, 4.69) is 4.98 Å². The molecular weight excluding hydrogens is 332 g/mol. The predicted octanol–water partition coefficient (Wildman–Crippen LogP) is 3.37. The molecule has 0 spiro atoms. The van der Waals surface area contributed by atoms with E-state index in [1.54, 1.807) is 11.8 Å². The predicted molar refractivity (Wildman–Crippen MR) is 93.7 cm³/mol. The van der Waals surface area contributed by atoms with Crippen LogP contribution in [0.25, 0.3) is 0 Å². The lowest BCUT2D eigenvalue weighted by atomic mass is 10.0. The Kier molecular flexibility index (Phi) is 5.31. The molecule has 2 heterocycles. The van der Waals surface area contributed by atoms with Crippen molar-refractivity contribution in [1.29, 1.82) is 0 Å². The third kappa shape index (κ3) is 3.74. The SMILES string of the molecule is Cn1ccnc1CCC[C@@]1(c2ccc(Cl)cc2)O[C@H](CO)CS1. The number of hydrogen-bond donors (Lipinski definition) is 1. The quantitative estimate of drug-likeness (QED) is 0.865. The van der Waals surface area contributed by atoms with Crippen molar-refractivity contribution in [3.8, 4) is 0 Å². The molecule has 6 heteroatoms. The molecule has 23 heavy (non-hydrogen) atoms. The Morgan fingerprint density at radius 3 is 2.83 bits per heavy atom. The molecule has 1 N–H and O–H groups in total. The maximum Gasteiger partial charge on any atom is 0.139 e. The summed E-state index contributed by atoms with van der Waals surface area (Å²) in [4.78, 5) is 3.98. The number of imidazole rings is 1. The first-order valence-corrected chi connectivity index (χ1v) is 9.14. The molecule has 1 aromatic heterocycles. The van der Waals surface area contributed by atoms with Crippen LogP contribution in [0.2, 0.25) is 5.02 Å². The maximum absolute atomic E-state index is 9.43. The number of aryl methyl sites for hydroxylation is 2. The van der Waals surface area contributed by atoms with Gasteiger partial charge in [0.05, 0.1) is 12.7 Å². The molecule has 0 aliphatic carbocycles. The molecule has 124 valence electrons. The van der Waals surface area contributed by atoms with E-state index in [-0.39, 0.29) is 12.7 Å².